The second kappa shape index (κ2) is 8.49. The molecule has 1 aromatic heterocycles. The van der Waals surface area contributed by atoms with Crippen molar-refractivity contribution in [3.63, 3.8) is 0 Å². The molecule has 0 saturated heterocycles. The standard InChI is InChI=1S/C20H16FNO3S/c21-16-8-6-15(7-9-16)18(23)10-11-20(24)25-12-19-22-17(13-26-19)14-4-2-1-3-5-14/h1-9,13H,10-12H2. The van der Waals surface area contributed by atoms with Crippen LogP contribution in [0.4, 0.5) is 4.39 Å². The number of esters is 1. The second-order valence-electron chi connectivity index (χ2n) is 5.58. The summed E-state index contributed by atoms with van der Waals surface area (Å²) in [7, 11) is 0. The van der Waals surface area contributed by atoms with Crippen molar-refractivity contribution in [2.24, 2.45) is 0 Å². The van der Waals surface area contributed by atoms with Crippen LogP contribution in [-0.2, 0) is 16.1 Å². The highest BCUT2D eigenvalue weighted by atomic mass is 32.1. The van der Waals surface area contributed by atoms with Gasteiger partial charge in [-0.2, -0.15) is 0 Å². The highest BCUT2D eigenvalue weighted by Crippen LogP contribution is 2.22. The van der Waals surface area contributed by atoms with Crippen molar-refractivity contribution < 1.29 is 18.7 Å². The predicted octanol–water partition coefficient (Wildman–Crippen LogP) is 4.66. The van der Waals surface area contributed by atoms with Gasteiger partial charge in [-0.1, -0.05) is 30.3 Å². The van der Waals surface area contributed by atoms with Crippen LogP contribution in [0.2, 0.25) is 0 Å². The Hall–Kier alpha value is -2.86. The molecule has 132 valence electrons. The average Bonchev–Trinajstić information content (AvgIpc) is 3.15. The van der Waals surface area contributed by atoms with Crippen LogP contribution in [0.25, 0.3) is 11.3 Å². The zero-order valence-electron chi connectivity index (χ0n) is 13.9. The molecular weight excluding hydrogens is 353 g/mol. The summed E-state index contributed by atoms with van der Waals surface area (Å²) >= 11 is 1.42. The normalized spacial score (nSPS) is 10.5. The zero-order chi connectivity index (χ0) is 18.4. The molecule has 4 nitrogen and oxygen atoms in total. The summed E-state index contributed by atoms with van der Waals surface area (Å²) < 4.78 is 18.0. The van der Waals surface area contributed by atoms with Crippen LogP contribution >= 0.6 is 11.3 Å². The average molecular weight is 369 g/mol. The maximum Gasteiger partial charge on any atom is 0.306 e. The van der Waals surface area contributed by atoms with Gasteiger partial charge in [-0.3, -0.25) is 9.59 Å². The van der Waals surface area contributed by atoms with E-state index in [0.717, 1.165) is 11.3 Å². The van der Waals surface area contributed by atoms with E-state index in [1.807, 2.05) is 35.7 Å². The molecule has 2 aromatic carbocycles. The van der Waals surface area contributed by atoms with E-state index in [1.54, 1.807) is 0 Å². The first kappa shape index (κ1) is 17.9. The molecule has 0 aliphatic heterocycles. The van der Waals surface area contributed by atoms with Crippen LogP contribution in [0.15, 0.2) is 60.0 Å². The highest BCUT2D eigenvalue weighted by Gasteiger charge is 2.12. The van der Waals surface area contributed by atoms with Crippen LogP contribution in [0.1, 0.15) is 28.2 Å². The van der Waals surface area contributed by atoms with Gasteiger partial charge < -0.3 is 4.74 Å². The molecule has 3 rings (SSSR count). The monoisotopic (exact) mass is 369 g/mol. The summed E-state index contributed by atoms with van der Waals surface area (Å²) in [5.41, 5.74) is 2.23. The number of hydrogen-bond acceptors (Lipinski definition) is 5. The quantitative estimate of drug-likeness (QED) is 0.449. The van der Waals surface area contributed by atoms with Gasteiger partial charge in [0.15, 0.2) is 5.78 Å². The number of carbonyl (C=O) groups is 2. The van der Waals surface area contributed by atoms with E-state index in [4.69, 9.17) is 4.74 Å². The van der Waals surface area contributed by atoms with Crippen molar-refractivity contribution in [2.75, 3.05) is 0 Å². The summed E-state index contributed by atoms with van der Waals surface area (Å²) in [6.45, 7) is 0.0844. The van der Waals surface area contributed by atoms with Gasteiger partial charge in [0.1, 0.15) is 17.4 Å². The molecule has 0 spiro atoms. The van der Waals surface area contributed by atoms with E-state index in [2.05, 4.69) is 4.98 Å². The van der Waals surface area contributed by atoms with E-state index in [-0.39, 0.29) is 25.2 Å². The molecule has 6 heteroatoms. The highest BCUT2D eigenvalue weighted by molar-refractivity contribution is 7.09. The Morgan fingerprint density at radius 3 is 2.46 bits per heavy atom. The maximum absolute atomic E-state index is 12.8. The third-order valence-electron chi connectivity index (χ3n) is 3.70. The summed E-state index contributed by atoms with van der Waals surface area (Å²) in [6, 6.07) is 15.0. The fourth-order valence-electron chi connectivity index (χ4n) is 2.33. The third-order valence-corrected chi connectivity index (χ3v) is 4.52. The van der Waals surface area contributed by atoms with Crippen molar-refractivity contribution in [3.05, 3.63) is 76.4 Å². The Morgan fingerprint density at radius 2 is 1.73 bits per heavy atom. The third kappa shape index (κ3) is 4.83. The maximum atomic E-state index is 12.8. The Kier molecular flexibility index (Phi) is 5.86. The Bertz CT molecular complexity index is 891. The Morgan fingerprint density at radius 1 is 1.00 bits per heavy atom. The molecule has 0 radical (unpaired) electrons. The van der Waals surface area contributed by atoms with Crippen LogP contribution < -0.4 is 0 Å². The number of nitrogens with zero attached hydrogens (tertiary/aromatic N) is 1. The minimum Gasteiger partial charge on any atom is -0.458 e. The number of rotatable bonds is 7. The molecule has 3 aromatic rings. The van der Waals surface area contributed by atoms with E-state index < -0.39 is 11.8 Å². The van der Waals surface area contributed by atoms with E-state index >= 15 is 0 Å². The number of benzene rings is 2. The molecule has 0 amide bonds. The van der Waals surface area contributed by atoms with E-state index in [9.17, 15) is 14.0 Å². The number of ether oxygens (including phenoxy) is 1. The van der Waals surface area contributed by atoms with Crippen LogP contribution in [-0.4, -0.2) is 16.7 Å². The molecule has 0 fully saturated rings. The molecule has 0 aliphatic rings. The fourth-order valence-corrected chi connectivity index (χ4v) is 3.04. The van der Waals surface area contributed by atoms with E-state index in [1.165, 1.54) is 35.6 Å². The van der Waals surface area contributed by atoms with Gasteiger partial charge in [0.2, 0.25) is 0 Å². The number of aromatic nitrogens is 1. The van der Waals surface area contributed by atoms with Gasteiger partial charge in [0.05, 0.1) is 12.1 Å². The van der Waals surface area contributed by atoms with Crippen molar-refractivity contribution >= 4 is 23.1 Å². The molecule has 0 bridgehead atoms. The summed E-state index contributed by atoms with van der Waals surface area (Å²) in [5.74, 6) is -1.08. The molecule has 0 aliphatic carbocycles. The summed E-state index contributed by atoms with van der Waals surface area (Å²) in [5, 5.41) is 2.61. The molecule has 0 unspecified atom stereocenters. The molecule has 1 heterocycles. The topological polar surface area (TPSA) is 56.3 Å². The first-order valence-corrected chi connectivity index (χ1v) is 8.94. The van der Waals surface area contributed by atoms with E-state index in [0.29, 0.717) is 10.6 Å². The van der Waals surface area contributed by atoms with Crippen molar-refractivity contribution in [3.8, 4) is 11.3 Å². The number of thiazole rings is 1. The number of halogens is 1. The lowest BCUT2D eigenvalue weighted by molar-refractivity contribution is -0.144. The van der Waals surface area contributed by atoms with Gasteiger partial charge in [0, 0.05) is 22.9 Å². The zero-order valence-corrected chi connectivity index (χ0v) is 14.7. The number of Topliss-reactive ketones (excluding diaryl/α,β-unsaturated/α-hetero) is 1. The molecule has 0 N–H and O–H groups in total. The van der Waals surface area contributed by atoms with Crippen molar-refractivity contribution in [1.82, 2.24) is 4.98 Å². The largest absolute Gasteiger partial charge is 0.458 e. The SMILES string of the molecule is O=C(CCC(=O)c1ccc(F)cc1)OCc1nc(-c2ccccc2)cs1. The predicted molar refractivity (Wildman–Crippen MR) is 97.3 cm³/mol. The lowest BCUT2D eigenvalue weighted by atomic mass is 10.1. The van der Waals surface area contributed by atoms with Crippen LogP contribution in [0, 0.1) is 5.82 Å². The lowest BCUT2D eigenvalue weighted by Gasteiger charge is -2.03. The number of hydrogen-bond donors (Lipinski definition) is 0. The van der Waals surface area contributed by atoms with Gasteiger partial charge in [-0.05, 0) is 24.3 Å². The lowest BCUT2D eigenvalue weighted by Crippen LogP contribution is -2.08. The van der Waals surface area contributed by atoms with Crippen LogP contribution in [0.3, 0.4) is 0 Å². The van der Waals surface area contributed by atoms with Gasteiger partial charge in [-0.25, -0.2) is 9.37 Å². The molecule has 0 atom stereocenters. The van der Waals surface area contributed by atoms with Gasteiger partial charge in [0.25, 0.3) is 0 Å². The second-order valence-corrected chi connectivity index (χ2v) is 6.53. The first-order chi connectivity index (χ1) is 12.6. The number of ketones is 1. The smallest absolute Gasteiger partial charge is 0.306 e. The minimum absolute atomic E-state index is 0.0207. The summed E-state index contributed by atoms with van der Waals surface area (Å²) in [4.78, 5) is 28.2. The van der Waals surface area contributed by atoms with Gasteiger partial charge >= 0.3 is 5.97 Å². The van der Waals surface area contributed by atoms with Crippen molar-refractivity contribution in [1.29, 1.82) is 0 Å². The van der Waals surface area contributed by atoms with Crippen molar-refractivity contribution in [2.45, 2.75) is 19.4 Å². The number of carbonyl (C=O) groups excluding carboxylic acids is 2. The fraction of sp³-hybridized carbons (Fsp3) is 0.150. The van der Waals surface area contributed by atoms with Gasteiger partial charge in [-0.15, -0.1) is 11.3 Å². The molecular formula is C20H16FNO3S. The first-order valence-electron chi connectivity index (χ1n) is 8.06. The summed E-state index contributed by atoms with van der Waals surface area (Å²) in [6.07, 6.45) is 0.00469. The van der Waals surface area contributed by atoms with Crippen LogP contribution in [0.5, 0.6) is 0 Å². The molecule has 26 heavy (non-hydrogen) atoms. The minimum atomic E-state index is -0.461. The molecule has 0 saturated carbocycles. The Labute approximate surface area is 154 Å². The Balaban J connectivity index is 1.46.